The van der Waals surface area contributed by atoms with Gasteiger partial charge in [0.1, 0.15) is 33.6 Å². The standard InChI is InChI=1S/C32H34N2O7S/c1-32(2,3)34-30(39)24-28(37)23-19(25(29(24)38)33-31(42)15-9-7-6-8-10-15)13-17-11-16-12-18(40-4)14-20(41-5)21(16)26(35)22(17)27(23)36/h6-10,12,14,17,19,23,25,35,37H,11,13H2,1-5H3,(H,33,42)(H,34,39)/t17-,19+,23+,25+/m0/s1. The van der Waals surface area contributed by atoms with Gasteiger partial charge in [-0.2, -0.15) is 0 Å². The highest BCUT2D eigenvalue weighted by Gasteiger charge is 2.55. The smallest absolute Gasteiger partial charge is 0.258 e. The quantitative estimate of drug-likeness (QED) is 0.301. The van der Waals surface area contributed by atoms with E-state index >= 15 is 0 Å². The van der Waals surface area contributed by atoms with Gasteiger partial charge in [-0.1, -0.05) is 42.5 Å². The maximum atomic E-state index is 14.2. The van der Waals surface area contributed by atoms with E-state index in [1.54, 1.807) is 45.0 Å². The molecule has 1 amide bonds. The van der Waals surface area contributed by atoms with Gasteiger partial charge >= 0.3 is 0 Å². The molecule has 0 saturated heterocycles. The first-order valence-corrected chi connectivity index (χ1v) is 14.2. The number of carbonyl (C=O) groups is 3. The van der Waals surface area contributed by atoms with Gasteiger partial charge in [0.15, 0.2) is 11.6 Å². The summed E-state index contributed by atoms with van der Waals surface area (Å²) in [5.41, 5.74) is 0.745. The minimum absolute atomic E-state index is 0.146. The zero-order valence-corrected chi connectivity index (χ0v) is 24.9. The molecule has 0 spiro atoms. The summed E-state index contributed by atoms with van der Waals surface area (Å²) in [7, 11) is 2.99. The highest BCUT2D eigenvalue weighted by molar-refractivity contribution is 7.80. The molecule has 5 rings (SSSR count). The summed E-state index contributed by atoms with van der Waals surface area (Å²) in [6.07, 6.45) is 0.650. The number of aliphatic hydroxyl groups excluding tert-OH is 2. The Bertz CT molecular complexity index is 1550. The Morgan fingerprint density at radius 3 is 2.33 bits per heavy atom. The molecule has 0 heterocycles. The molecule has 4 N–H and O–H groups in total. The van der Waals surface area contributed by atoms with Crippen LogP contribution in [0.3, 0.4) is 0 Å². The first kappa shape index (κ1) is 29.3. The molecule has 0 unspecified atom stereocenters. The lowest BCUT2D eigenvalue weighted by Gasteiger charge is -2.45. The number of fused-ring (bicyclic) bond motifs is 3. The molecule has 3 aliphatic rings. The average molecular weight is 591 g/mol. The van der Waals surface area contributed by atoms with Crippen molar-refractivity contribution in [3.63, 3.8) is 0 Å². The van der Waals surface area contributed by atoms with Crippen LogP contribution in [0.2, 0.25) is 0 Å². The van der Waals surface area contributed by atoms with Crippen molar-refractivity contribution in [3.05, 3.63) is 76.1 Å². The summed E-state index contributed by atoms with van der Waals surface area (Å²) in [5, 5.41) is 28.8. The van der Waals surface area contributed by atoms with Crippen LogP contribution in [-0.4, -0.2) is 58.5 Å². The molecule has 2 aromatic carbocycles. The van der Waals surface area contributed by atoms with E-state index in [-0.39, 0.29) is 22.7 Å². The molecule has 0 aromatic heterocycles. The number of ether oxygens (including phenoxy) is 2. The molecule has 3 aliphatic carbocycles. The normalized spacial score (nSPS) is 23.5. The zero-order valence-electron chi connectivity index (χ0n) is 24.1. The van der Waals surface area contributed by atoms with Crippen LogP contribution in [-0.2, 0) is 20.8 Å². The fraction of sp³-hybridized carbons (Fsp3) is 0.375. The van der Waals surface area contributed by atoms with Crippen LogP contribution >= 0.6 is 12.2 Å². The van der Waals surface area contributed by atoms with Crippen molar-refractivity contribution in [1.82, 2.24) is 10.6 Å². The van der Waals surface area contributed by atoms with Crippen molar-refractivity contribution >= 4 is 40.4 Å². The predicted octanol–water partition coefficient (Wildman–Crippen LogP) is 3.99. The lowest BCUT2D eigenvalue weighted by Crippen LogP contribution is -2.58. The van der Waals surface area contributed by atoms with Gasteiger partial charge in [0, 0.05) is 28.7 Å². The number of amides is 1. The SMILES string of the molecule is COc1cc2c(c(OC)c1)C(O)=C1C(=O)[C@@H]3C(O)=C(C(=O)NC(C)(C)C)C(=O)[C@H](NC(=S)c4ccccc4)[C@@H]3C[C@@H]1C2. The average Bonchev–Trinajstić information content (AvgIpc) is 2.93. The Morgan fingerprint density at radius 1 is 1.02 bits per heavy atom. The second-order valence-corrected chi connectivity index (χ2v) is 12.3. The third-order valence-corrected chi connectivity index (χ3v) is 8.41. The van der Waals surface area contributed by atoms with Crippen molar-refractivity contribution in [3.8, 4) is 11.5 Å². The lowest BCUT2D eigenvalue weighted by molar-refractivity contribution is -0.130. The summed E-state index contributed by atoms with van der Waals surface area (Å²) in [5.74, 6) is -4.33. The first-order chi connectivity index (χ1) is 19.9. The number of thiocarbonyl (C=S) groups is 1. The van der Waals surface area contributed by atoms with E-state index in [4.69, 9.17) is 21.7 Å². The molecule has 1 fully saturated rings. The Kier molecular flexibility index (Phi) is 7.61. The van der Waals surface area contributed by atoms with E-state index < -0.39 is 58.1 Å². The molecule has 0 radical (unpaired) electrons. The highest BCUT2D eigenvalue weighted by Crippen LogP contribution is 2.51. The van der Waals surface area contributed by atoms with Gasteiger partial charge in [-0.25, -0.2) is 0 Å². The number of methoxy groups -OCH3 is 2. The molecule has 42 heavy (non-hydrogen) atoms. The van der Waals surface area contributed by atoms with E-state index in [2.05, 4.69) is 10.6 Å². The van der Waals surface area contributed by atoms with Crippen molar-refractivity contribution in [2.75, 3.05) is 14.2 Å². The molecule has 1 saturated carbocycles. The summed E-state index contributed by atoms with van der Waals surface area (Å²) in [6.45, 7) is 5.25. The van der Waals surface area contributed by atoms with Gasteiger partial charge in [-0.05, 0) is 51.2 Å². The van der Waals surface area contributed by atoms with E-state index in [0.29, 0.717) is 29.0 Å². The fourth-order valence-electron chi connectivity index (χ4n) is 6.30. The van der Waals surface area contributed by atoms with Crippen LogP contribution in [0.25, 0.3) is 5.76 Å². The summed E-state index contributed by atoms with van der Waals surface area (Å²) in [4.78, 5) is 41.8. The molecule has 0 bridgehead atoms. The Hall–Kier alpha value is -4.18. The molecule has 0 aliphatic heterocycles. The van der Waals surface area contributed by atoms with Crippen LogP contribution in [0.4, 0.5) is 0 Å². The molecular formula is C32H34N2O7S. The largest absolute Gasteiger partial charge is 0.511 e. The third-order valence-electron chi connectivity index (χ3n) is 8.06. The fourth-order valence-corrected chi connectivity index (χ4v) is 6.56. The first-order valence-electron chi connectivity index (χ1n) is 13.7. The number of hydrogen-bond donors (Lipinski definition) is 4. The van der Waals surface area contributed by atoms with Gasteiger partial charge in [0.05, 0.1) is 31.7 Å². The Labute approximate surface area is 249 Å². The van der Waals surface area contributed by atoms with E-state index in [1.807, 2.05) is 18.2 Å². The number of hydrogen-bond acceptors (Lipinski definition) is 8. The molecule has 2 aromatic rings. The second-order valence-electron chi connectivity index (χ2n) is 11.9. The summed E-state index contributed by atoms with van der Waals surface area (Å²) >= 11 is 5.64. The minimum atomic E-state index is -1.24. The monoisotopic (exact) mass is 590 g/mol. The van der Waals surface area contributed by atoms with Crippen LogP contribution in [0.15, 0.2) is 59.4 Å². The third kappa shape index (κ3) is 5.04. The van der Waals surface area contributed by atoms with Crippen LogP contribution in [0, 0.1) is 17.8 Å². The van der Waals surface area contributed by atoms with Crippen LogP contribution < -0.4 is 20.1 Å². The van der Waals surface area contributed by atoms with Crippen molar-refractivity contribution in [2.45, 2.75) is 45.2 Å². The zero-order chi connectivity index (χ0) is 30.5. The van der Waals surface area contributed by atoms with Crippen molar-refractivity contribution in [2.24, 2.45) is 17.8 Å². The number of rotatable bonds is 5. The Balaban J connectivity index is 1.63. The molecule has 4 atom stereocenters. The maximum absolute atomic E-state index is 14.2. The van der Waals surface area contributed by atoms with E-state index in [9.17, 15) is 24.6 Å². The number of benzene rings is 2. The predicted molar refractivity (Wildman–Crippen MR) is 161 cm³/mol. The van der Waals surface area contributed by atoms with Crippen LogP contribution in [0.1, 0.15) is 43.9 Å². The van der Waals surface area contributed by atoms with Gasteiger partial charge in [0.2, 0.25) is 0 Å². The highest BCUT2D eigenvalue weighted by atomic mass is 32.1. The molecule has 10 heteroatoms. The lowest BCUT2D eigenvalue weighted by atomic mass is 9.60. The second kappa shape index (κ2) is 10.9. The topological polar surface area (TPSA) is 134 Å². The molecule has 9 nitrogen and oxygen atoms in total. The minimum Gasteiger partial charge on any atom is -0.511 e. The number of allylic oxidation sites excluding steroid dienone is 2. The van der Waals surface area contributed by atoms with Gasteiger partial charge in [0.25, 0.3) is 5.91 Å². The number of Topliss-reactive ketones (excluding diaryl/α,β-unsaturated/α-hetero) is 2. The van der Waals surface area contributed by atoms with Gasteiger partial charge in [-0.3, -0.25) is 14.4 Å². The number of carbonyl (C=O) groups excluding carboxylic acids is 3. The summed E-state index contributed by atoms with van der Waals surface area (Å²) in [6, 6.07) is 11.4. The van der Waals surface area contributed by atoms with Gasteiger partial charge < -0.3 is 30.3 Å². The number of nitrogens with one attached hydrogen (secondary N) is 2. The molecular weight excluding hydrogens is 556 g/mol. The van der Waals surface area contributed by atoms with E-state index in [1.165, 1.54) is 14.2 Å². The number of ketones is 2. The number of aliphatic hydroxyl groups is 2. The van der Waals surface area contributed by atoms with Gasteiger partial charge in [-0.15, -0.1) is 0 Å². The maximum Gasteiger partial charge on any atom is 0.258 e. The van der Waals surface area contributed by atoms with E-state index in [0.717, 1.165) is 5.56 Å². The summed E-state index contributed by atoms with van der Waals surface area (Å²) < 4.78 is 10.9. The van der Waals surface area contributed by atoms with Crippen LogP contribution in [0.5, 0.6) is 11.5 Å². The van der Waals surface area contributed by atoms with Crippen molar-refractivity contribution in [1.29, 1.82) is 0 Å². The Morgan fingerprint density at radius 2 is 1.71 bits per heavy atom. The molecule has 220 valence electrons. The van der Waals surface area contributed by atoms with Crippen molar-refractivity contribution < 1.29 is 34.1 Å².